The van der Waals surface area contributed by atoms with Crippen molar-refractivity contribution in [3.63, 3.8) is 0 Å². The van der Waals surface area contributed by atoms with Crippen LogP contribution in [0, 0.1) is 0 Å². The van der Waals surface area contributed by atoms with Crippen molar-refractivity contribution >= 4 is 21.6 Å². The molecule has 0 spiro atoms. The van der Waals surface area contributed by atoms with E-state index in [9.17, 15) is 13.2 Å². The van der Waals surface area contributed by atoms with Gasteiger partial charge in [-0.25, -0.2) is 8.42 Å². The number of carbonyl (C=O) groups is 1. The van der Waals surface area contributed by atoms with E-state index in [0.717, 1.165) is 19.3 Å². The molecular weight excluding hydrogens is 448 g/mol. The number of piperidine rings is 1. The van der Waals surface area contributed by atoms with Crippen LogP contribution in [-0.4, -0.2) is 59.7 Å². The number of nitrogens with zero attached hydrogens (tertiary/aromatic N) is 1. The monoisotopic (exact) mass is 478 g/mol. The van der Waals surface area contributed by atoms with Gasteiger partial charge in [-0.1, -0.05) is 6.42 Å². The Morgan fingerprint density at radius 3 is 2.12 bits per heavy atom. The van der Waals surface area contributed by atoms with E-state index in [0.29, 0.717) is 29.5 Å². The fourth-order valence-corrected chi connectivity index (χ4v) is 5.81. The number of hydrogen-bond donors (Lipinski definition) is 1. The molecule has 9 nitrogen and oxygen atoms in total. The predicted molar refractivity (Wildman–Crippen MR) is 124 cm³/mol. The third-order valence-electron chi connectivity index (χ3n) is 5.68. The minimum atomic E-state index is -3.84. The lowest BCUT2D eigenvalue weighted by Crippen LogP contribution is -2.42. The van der Waals surface area contributed by atoms with Gasteiger partial charge in [0.25, 0.3) is 5.91 Å². The Balaban J connectivity index is 1.96. The molecular formula is C23H30N2O7S. The highest BCUT2D eigenvalue weighted by molar-refractivity contribution is 7.89. The molecule has 0 radical (unpaired) electrons. The van der Waals surface area contributed by atoms with Crippen molar-refractivity contribution in [1.29, 1.82) is 0 Å². The van der Waals surface area contributed by atoms with Crippen molar-refractivity contribution < 1.29 is 32.2 Å². The fraction of sp³-hybridized carbons (Fsp3) is 0.435. The van der Waals surface area contributed by atoms with Crippen LogP contribution < -0.4 is 24.3 Å². The Morgan fingerprint density at radius 1 is 0.939 bits per heavy atom. The standard InChI is InChI=1S/C23H30N2O7S/c1-15-8-6-7-11-25(15)33(27,28)21-12-16(9-10-18(21)29-2)23(26)24-17-13-19(30-3)22(32-5)20(14-17)31-4/h9-10,12-15H,6-8,11H2,1-5H3,(H,24,26)/t15-/m0/s1. The first kappa shape index (κ1) is 24.7. The van der Waals surface area contributed by atoms with Crippen LogP contribution in [0.25, 0.3) is 0 Å². The van der Waals surface area contributed by atoms with Gasteiger partial charge in [-0.15, -0.1) is 0 Å². The third-order valence-corrected chi connectivity index (χ3v) is 7.71. The summed E-state index contributed by atoms with van der Waals surface area (Å²) in [7, 11) is 2.01. The molecule has 0 aromatic heterocycles. The number of hydrogen-bond acceptors (Lipinski definition) is 7. The van der Waals surface area contributed by atoms with Gasteiger partial charge in [0, 0.05) is 36.0 Å². The van der Waals surface area contributed by atoms with Crippen molar-refractivity contribution in [2.45, 2.75) is 37.1 Å². The average molecular weight is 479 g/mol. The number of benzene rings is 2. The number of amides is 1. The summed E-state index contributed by atoms with van der Waals surface area (Å²) in [6, 6.07) is 7.43. The summed E-state index contributed by atoms with van der Waals surface area (Å²) in [5.74, 6) is 0.854. The number of ether oxygens (including phenoxy) is 4. The summed E-state index contributed by atoms with van der Waals surface area (Å²) < 4.78 is 49.6. The quantitative estimate of drug-likeness (QED) is 0.619. The predicted octanol–water partition coefficient (Wildman–Crippen LogP) is 3.54. The van der Waals surface area contributed by atoms with Gasteiger partial charge < -0.3 is 24.3 Å². The number of methoxy groups -OCH3 is 4. The van der Waals surface area contributed by atoms with Gasteiger partial charge in [-0.3, -0.25) is 4.79 Å². The average Bonchev–Trinajstić information content (AvgIpc) is 2.82. The fourth-order valence-electron chi connectivity index (χ4n) is 3.93. The first-order valence-electron chi connectivity index (χ1n) is 10.6. The maximum Gasteiger partial charge on any atom is 0.255 e. The number of rotatable bonds is 8. The molecule has 2 aromatic carbocycles. The summed E-state index contributed by atoms with van der Waals surface area (Å²) in [5.41, 5.74) is 0.576. The van der Waals surface area contributed by atoms with Gasteiger partial charge >= 0.3 is 0 Å². The lowest BCUT2D eigenvalue weighted by molar-refractivity contribution is 0.102. The van der Waals surface area contributed by atoms with Gasteiger partial charge in [0.2, 0.25) is 15.8 Å². The van der Waals surface area contributed by atoms with E-state index in [1.54, 1.807) is 12.1 Å². The smallest absolute Gasteiger partial charge is 0.255 e. The second-order valence-electron chi connectivity index (χ2n) is 7.69. The number of nitrogens with one attached hydrogen (secondary N) is 1. The van der Waals surface area contributed by atoms with E-state index in [4.69, 9.17) is 18.9 Å². The van der Waals surface area contributed by atoms with E-state index < -0.39 is 15.9 Å². The van der Waals surface area contributed by atoms with Crippen molar-refractivity contribution in [2.24, 2.45) is 0 Å². The molecule has 1 fully saturated rings. The normalized spacial score (nSPS) is 16.7. The zero-order chi connectivity index (χ0) is 24.2. The molecule has 0 saturated carbocycles. The Bertz CT molecular complexity index is 1090. The van der Waals surface area contributed by atoms with Crippen LogP contribution in [0.5, 0.6) is 23.0 Å². The Labute approximate surface area is 194 Å². The largest absolute Gasteiger partial charge is 0.495 e. The summed E-state index contributed by atoms with van der Waals surface area (Å²) in [5, 5.41) is 2.76. The van der Waals surface area contributed by atoms with Crippen LogP contribution >= 0.6 is 0 Å². The van der Waals surface area contributed by atoms with Gasteiger partial charge in [-0.05, 0) is 38.0 Å². The molecule has 0 unspecified atom stereocenters. The number of anilines is 1. The zero-order valence-electron chi connectivity index (χ0n) is 19.5. The van der Waals surface area contributed by atoms with Gasteiger partial charge in [0.15, 0.2) is 11.5 Å². The molecule has 1 saturated heterocycles. The van der Waals surface area contributed by atoms with E-state index in [1.807, 2.05) is 6.92 Å². The van der Waals surface area contributed by atoms with Crippen LogP contribution in [0.3, 0.4) is 0 Å². The summed E-state index contributed by atoms with van der Waals surface area (Å²) in [6.45, 7) is 2.33. The molecule has 0 aliphatic carbocycles. The molecule has 1 amide bonds. The molecule has 3 rings (SSSR count). The van der Waals surface area contributed by atoms with Gasteiger partial charge in [0.05, 0.1) is 28.4 Å². The molecule has 2 aromatic rings. The van der Waals surface area contributed by atoms with Gasteiger partial charge in [0.1, 0.15) is 10.6 Å². The van der Waals surface area contributed by atoms with E-state index in [1.165, 1.54) is 50.9 Å². The van der Waals surface area contributed by atoms with Crippen molar-refractivity contribution in [1.82, 2.24) is 4.31 Å². The molecule has 1 aliphatic heterocycles. The molecule has 1 heterocycles. The molecule has 1 atom stereocenters. The second-order valence-corrected chi connectivity index (χ2v) is 9.55. The molecule has 10 heteroatoms. The number of carbonyl (C=O) groups excluding carboxylic acids is 1. The molecule has 1 N–H and O–H groups in total. The highest BCUT2D eigenvalue weighted by atomic mass is 32.2. The first-order valence-corrected chi connectivity index (χ1v) is 12.0. The van der Waals surface area contributed by atoms with E-state index in [-0.39, 0.29) is 22.3 Å². The van der Waals surface area contributed by atoms with Crippen molar-refractivity contribution in [3.05, 3.63) is 35.9 Å². The van der Waals surface area contributed by atoms with Crippen LogP contribution in [0.1, 0.15) is 36.5 Å². The van der Waals surface area contributed by atoms with Crippen LogP contribution in [0.4, 0.5) is 5.69 Å². The molecule has 1 aliphatic rings. The minimum absolute atomic E-state index is 0.0312. The lowest BCUT2D eigenvalue weighted by atomic mass is 10.1. The maximum atomic E-state index is 13.4. The maximum absolute atomic E-state index is 13.4. The van der Waals surface area contributed by atoms with E-state index >= 15 is 0 Å². The summed E-state index contributed by atoms with van der Waals surface area (Å²) in [4.78, 5) is 13.0. The van der Waals surface area contributed by atoms with Crippen LogP contribution in [0.2, 0.25) is 0 Å². The zero-order valence-corrected chi connectivity index (χ0v) is 20.3. The topological polar surface area (TPSA) is 103 Å². The second kappa shape index (κ2) is 10.3. The molecule has 33 heavy (non-hydrogen) atoms. The molecule has 0 bridgehead atoms. The highest BCUT2D eigenvalue weighted by Gasteiger charge is 2.33. The first-order chi connectivity index (χ1) is 15.8. The van der Waals surface area contributed by atoms with Crippen molar-refractivity contribution in [2.75, 3.05) is 40.3 Å². The number of sulfonamides is 1. The van der Waals surface area contributed by atoms with Crippen molar-refractivity contribution in [3.8, 4) is 23.0 Å². The van der Waals surface area contributed by atoms with Crippen LogP contribution in [0.15, 0.2) is 35.2 Å². The third kappa shape index (κ3) is 5.01. The van der Waals surface area contributed by atoms with Crippen LogP contribution in [-0.2, 0) is 10.0 Å². The summed E-state index contributed by atoms with van der Waals surface area (Å²) in [6.07, 6.45) is 2.58. The molecule has 180 valence electrons. The minimum Gasteiger partial charge on any atom is -0.495 e. The Kier molecular flexibility index (Phi) is 7.70. The van der Waals surface area contributed by atoms with Gasteiger partial charge in [-0.2, -0.15) is 4.31 Å². The SMILES string of the molecule is COc1ccc(C(=O)Nc2cc(OC)c(OC)c(OC)c2)cc1S(=O)(=O)N1CCCC[C@@H]1C. The Hall–Kier alpha value is -2.98. The highest BCUT2D eigenvalue weighted by Crippen LogP contribution is 2.40. The summed E-state index contributed by atoms with van der Waals surface area (Å²) >= 11 is 0. The Morgan fingerprint density at radius 2 is 1.58 bits per heavy atom. The van der Waals surface area contributed by atoms with E-state index in [2.05, 4.69) is 5.32 Å². The lowest BCUT2D eigenvalue weighted by Gasteiger charge is -2.32.